The first-order valence-corrected chi connectivity index (χ1v) is 14.3. The SMILES string of the molecule is CCCCCNC(=O)c1ccc(Cn2c(SCC(=O)Nc3ccc(C)c(Cl)c3)nc3ccccc3c2=O)cc1. The first kappa shape index (κ1) is 28.4. The average molecular weight is 563 g/mol. The molecule has 0 spiro atoms. The highest BCUT2D eigenvalue weighted by molar-refractivity contribution is 7.99. The number of thioether (sulfide) groups is 1. The minimum atomic E-state index is -0.233. The van der Waals surface area contributed by atoms with Crippen LogP contribution in [0.15, 0.2) is 76.7 Å². The molecule has 202 valence electrons. The number of aryl methyl sites for hydroxylation is 1. The maximum absolute atomic E-state index is 13.4. The summed E-state index contributed by atoms with van der Waals surface area (Å²) in [7, 11) is 0. The van der Waals surface area contributed by atoms with Crippen molar-refractivity contribution in [3.63, 3.8) is 0 Å². The van der Waals surface area contributed by atoms with Gasteiger partial charge in [-0.1, -0.05) is 73.5 Å². The summed E-state index contributed by atoms with van der Waals surface area (Å²) >= 11 is 7.37. The van der Waals surface area contributed by atoms with E-state index in [1.54, 1.807) is 47.0 Å². The molecule has 0 saturated heterocycles. The van der Waals surface area contributed by atoms with E-state index in [0.717, 1.165) is 30.4 Å². The molecule has 39 heavy (non-hydrogen) atoms. The van der Waals surface area contributed by atoms with Crippen LogP contribution in [0.2, 0.25) is 5.02 Å². The van der Waals surface area contributed by atoms with E-state index in [9.17, 15) is 14.4 Å². The van der Waals surface area contributed by atoms with Gasteiger partial charge in [-0.05, 0) is 60.9 Å². The molecule has 1 heterocycles. The van der Waals surface area contributed by atoms with Gasteiger partial charge in [0, 0.05) is 22.8 Å². The van der Waals surface area contributed by atoms with Crippen LogP contribution in [0.5, 0.6) is 0 Å². The molecule has 4 rings (SSSR count). The zero-order chi connectivity index (χ0) is 27.8. The number of carbonyl (C=O) groups excluding carboxylic acids is 2. The van der Waals surface area contributed by atoms with Crippen molar-refractivity contribution in [2.24, 2.45) is 0 Å². The number of aromatic nitrogens is 2. The monoisotopic (exact) mass is 562 g/mol. The molecule has 3 aromatic carbocycles. The molecule has 9 heteroatoms. The Bertz CT molecular complexity index is 1540. The minimum Gasteiger partial charge on any atom is -0.352 e. The summed E-state index contributed by atoms with van der Waals surface area (Å²) < 4.78 is 1.57. The van der Waals surface area contributed by atoms with Crippen molar-refractivity contribution in [1.29, 1.82) is 0 Å². The van der Waals surface area contributed by atoms with Gasteiger partial charge in [-0.3, -0.25) is 19.0 Å². The number of fused-ring (bicyclic) bond motifs is 1. The zero-order valence-electron chi connectivity index (χ0n) is 22.0. The highest BCUT2D eigenvalue weighted by Gasteiger charge is 2.15. The number of hydrogen-bond acceptors (Lipinski definition) is 5. The first-order valence-electron chi connectivity index (χ1n) is 12.9. The molecule has 0 aliphatic rings. The third kappa shape index (κ3) is 7.49. The van der Waals surface area contributed by atoms with Gasteiger partial charge >= 0.3 is 0 Å². The van der Waals surface area contributed by atoms with E-state index in [1.807, 2.05) is 31.2 Å². The highest BCUT2D eigenvalue weighted by Crippen LogP contribution is 2.22. The first-order chi connectivity index (χ1) is 18.9. The molecular weight excluding hydrogens is 532 g/mol. The van der Waals surface area contributed by atoms with Gasteiger partial charge in [-0.15, -0.1) is 0 Å². The van der Waals surface area contributed by atoms with Crippen molar-refractivity contribution >= 4 is 51.8 Å². The molecule has 4 aromatic rings. The lowest BCUT2D eigenvalue weighted by molar-refractivity contribution is -0.113. The number of anilines is 1. The van der Waals surface area contributed by atoms with Gasteiger partial charge in [0.15, 0.2) is 5.16 Å². The van der Waals surface area contributed by atoms with Gasteiger partial charge in [-0.2, -0.15) is 0 Å². The molecule has 0 saturated carbocycles. The molecule has 0 unspecified atom stereocenters. The predicted octanol–water partition coefficient (Wildman–Crippen LogP) is 6.06. The third-order valence-corrected chi connectivity index (χ3v) is 7.62. The molecule has 0 aliphatic carbocycles. The Morgan fingerprint density at radius 2 is 1.79 bits per heavy atom. The van der Waals surface area contributed by atoms with Crippen molar-refractivity contribution in [1.82, 2.24) is 14.9 Å². The number of unbranched alkanes of at least 4 members (excludes halogenated alkanes) is 2. The fourth-order valence-electron chi connectivity index (χ4n) is 4.02. The molecule has 0 radical (unpaired) electrons. The molecule has 0 atom stereocenters. The number of carbonyl (C=O) groups is 2. The summed E-state index contributed by atoms with van der Waals surface area (Å²) in [5, 5.41) is 7.30. The molecule has 0 aliphatic heterocycles. The maximum atomic E-state index is 13.4. The molecule has 0 fully saturated rings. The maximum Gasteiger partial charge on any atom is 0.262 e. The Hall–Kier alpha value is -3.62. The van der Waals surface area contributed by atoms with Crippen LogP contribution >= 0.6 is 23.4 Å². The second-order valence-electron chi connectivity index (χ2n) is 9.26. The lowest BCUT2D eigenvalue weighted by Crippen LogP contribution is -2.25. The van der Waals surface area contributed by atoms with Crippen LogP contribution in [0.25, 0.3) is 10.9 Å². The summed E-state index contributed by atoms with van der Waals surface area (Å²) in [6.07, 6.45) is 3.13. The average Bonchev–Trinajstić information content (AvgIpc) is 2.94. The quantitative estimate of drug-likeness (QED) is 0.132. The number of benzene rings is 3. The summed E-state index contributed by atoms with van der Waals surface area (Å²) in [5.41, 5.74) is 3.33. The van der Waals surface area contributed by atoms with Gasteiger partial charge < -0.3 is 10.6 Å². The van der Waals surface area contributed by atoms with Crippen LogP contribution < -0.4 is 16.2 Å². The van der Waals surface area contributed by atoms with E-state index in [-0.39, 0.29) is 29.7 Å². The van der Waals surface area contributed by atoms with Gasteiger partial charge in [0.2, 0.25) is 5.91 Å². The van der Waals surface area contributed by atoms with Crippen LogP contribution in [0.3, 0.4) is 0 Å². The number of halogens is 1. The second kappa shape index (κ2) is 13.4. The lowest BCUT2D eigenvalue weighted by Gasteiger charge is -2.14. The standard InChI is InChI=1S/C30H31ClN4O3S/c1-3-4-7-16-32-28(37)22-13-11-21(12-14-22)18-35-29(38)24-8-5-6-9-26(24)34-30(35)39-19-27(36)33-23-15-10-20(2)25(31)17-23/h5-6,8-15,17H,3-4,7,16,18-19H2,1-2H3,(H,32,37)(H,33,36). The van der Waals surface area contributed by atoms with Crippen molar-refractivity contribution in [3.8, 4) is 0 Å². The van der Waals surface area contributed by atoms with Gasteiger partial charge in [0.25, 0.3) is 11.5 Å². The number of hydrogen-bond donors (Lipinski definition) is 2. The van der Waals surface area contributed by atoms with E-state index in [4.69, 9.17) is 16.6 Å². The van der Waals surface area contributed by atoms with Crippen LogP contribution in [0.1, 0.15) is 47.7 Å². The van der Waals surface area contributed by atoms with E-state index in [2.05, 4.69) is 17.6 Å². The molecule has 7 nitrogen and oxygen atoms in total. The van der Waals surface area contributed by atoms with Crippen LogP contribution in [-0.2, 0) is 11.3 Å². The van der Waals surface area contributed by atoms with Crippen molar-refractivity contribution in [2.45, 2.75) is 44.8 Å². The number of amides is 2. The lowest BCUT2D eigenvalue weighted by atomic mass is 10.1. The smallest absolute Gasteiger partial charge is 0.262 e. The number of nitrogens with zero attached hydrogens (tertiary/aromatic N) is 2. The summed E-state index contributed by atoms with van der Waals surface area (Å²) in [6.45, 7) is 4.92. The Morgan fingerprint density at radius 3 is 2.54 bits per heavy atom. The molecule has 0 bridgehead atoms. The third-order valence-electron chi connectivity index (χ3n) is 6.24. The van der Waals surface area contributed by atoms with E-state index < -0.39 is 0 Å². The topological polar surface area (TPSA) is 93.1 Å². The summed E-state index contributed by atoms with van der Waals surface area (Å²) in [6, 6.07) is 19.7. The molecule has 1 aromatic heterocycles. The van der Waals surface area contributed by atoms with Crippen LogP contribution in [0.4, 0.5) is 5.69 Å². The normalized spacial score (nSPS) is 10.9. The summed E-state index contributed by atoms with van der Waals surface area (Å²) in [4.78, 5) is 43.2. The molecule has 2 amide bonds. The van der Waals surface area contributed by atoms with E-state index in [1.165, 1.54) is 11.8 Å². The molecular formula is C30H31ClN4O3S. The minimum absolute atomic E-state index is 0.0629. The number of nitrogens with one attached hydrogen (secondary N) is 2. The fraction of sp³-hybridized carbons (Fsp3) is 0.267. The van der Waals surface area contributed by atoms with Gasteiger partial charge in [-0.25, -0.2) is 4.98 Å². The van der Waals surface area contributed by atoms with Crippen LogP contribution in [-0.4, -0.2) is 33.7 Å². The Labute approximate surface area is 237 Å². The largest absolute Gasteiger partial charge is 0.352 e. The van der Waals surface area contributed by atoms with Crippen molar-refractivity contribution in [3.05, 3.63) is 98.8 Å². The predicted molar refractivity (Wildman–Crippen MR) is 159 cm³/mol. The Kier molecular flexibility index (Phi) is 9.79. The van der Waals surface area contributed by atoms with Crippen molar-refractivity contribution in [2.75, 3.05) is 17.6 Å². The fourth-order valence-corrected chi connectivity index (χ4v) is 5.00. The Morgan fingerprint density at radius 1 is 1.03 bits per heavy atom. The van der Waals surface area contributed by atoms with E-state index >= 15 is 0 Å². The second-order valence-corrected chi connectivity index (χ2v) is 10.6. The van der Waals surface area contributed by atoms with Gasteiger partial charge in [0.1, 0.15) is 0 Å². The summed E-state index contributed by atoms with van der Waals surface area (Å²) in [5.74, 6) is -0.282. The zero-order valence-corrected chi connectivity index (χ0v) is 23.6. The Balaban J connectivity index is 1.51. The number of rotatable bonds is 11. The van der Waals surface area contributed by atoms with Gasteiger partial charge in [0.05, 0.1) is 23.2 Å². The highest BCUT2D eigenvalue weighted by atomic mass is 35.5. The van der Waals surface area contributed by atoms with Crippen LogP contribution in [0, 0.1) is 6.92 Å². The van der Waals surface area contributed by atoms with Crippen molar-refractivity contribution < 1.29 is 9.59 Å². The number of para-hydroxylation sites is 1. The van der Waals surface area contributed by atoms with E-state index in [0.29, 0.717) is 38.9 Å². The molecule has 2 N–H and O–H groups in total.